The molecule has 0 bridgehead atoms. The van der Waals surface area contributed by atoms with E-state index in [4.69, 9.17) is 4.74 Å². The zero-order valence-electron chi connectivity index (χ0n) is 11.0. The zero-order valence-corrected chi connectivity index (χ0v) is 11.0. The van der Waals surface area contributed by atoms with Gasteiger partial charge in [-0.2, -0.15) is 0 Å². The number of nitrogens with one attached hydrogen (secondary N) is 1. The van der Waals surface area contributed by atoms with Crippen LogP contribution < -0.4 is 5.32 Å². The molecule has 0 fully saturated rings. The Kier molecular flexibility index (Phi) is 11.2. The van der Waals surface area contributed by atoms with E-state index in [9.17, 15) is 5.11 Å². The van der Waals surface area contributed by atoms with E-state index >= 15 is 0 Å². The van der Waals surface area contributed by atoms with Crippen LogP contribution in [0.1, 0.15) is 26.2 Å². The van der Waals surface area contributed by atoms with Crippen LogP contribution in [0, 0.1) is 0 Å². The van der Waals surface area contributed by atoms with Crippen LogP contribution in [0.5, 0.6) is 0 Å². The van der Waals surface area contributed by atoms with Crippen LogP contribution in [0.2, 0.25) is 0 Å². The lowest BCUT2D eigenvalue weighted by atomic mass is 10.2. The van der Waals surface area contributed by atoms with Crippen LogP contribution >= 0.6 is 0 Å². The summed E-state index contributed by atoms with van der Waals surface area (Å²) in [5.41, 5.74) is 0. The lowest BCUT2D eigenvalue weighted by Gasteiger charge is -2.21. The van der Waals surface area contributed by atoms with E-state index in [0.717, 1.165) is 45.5 Å². The summed E-state index contributed by atoms with van der Waals surface area (Å²) in [6.45, 7) is 6.25. The van der Waals surface area contributed by atoms with Crippen molar-refractivity contribution in [3.8, 4) is 0 Å². The first kappa shape index (κ1) is 15.8. The first-order chi connectivity index (χ1) is 7.74. The molecule has 0 spiro atoms. The van der Waals surface area contributed by atoms with Crippen molar-refractivity contribution in [3.63, 3.8) is 0 Å². The van der Waals surface area contributed by atoms with Gasteiger partial charge in [0.1, 0.15) is 0 Å². The smallest absolute Gasteiger partial charge is 0.0585 e. The maximum absolute atomic E-state index is 9.18. The molecule has 0 saturated heterocycles. The number of methoxy groups -OCH3 is 1. The molecule has 1 atom stereocenters. The Morgan fingerprint density at radius 2 is 2.12 bits per heavy atom. The molecule has 4 heteroatoms. The van der Waals surface area contributed by atoms with Crippen molar-refractivity contribution in [2.24, 2.45) is 0 Å². The maximum atomic E-state index is 9.18. The second kappa shape index (κ2) is 11.3. The van der Waals surface area contributed by atoms with Gasteiger partial charge in [0, 0.05) is 26.3 Å². The number of rotatable bonds is 11. The summed E-state index contributed by atoms with van der Waals surface area (Å²) in [6.07, 6.45) is 3.18. The van der Waals surface area contributed by atoms with Crippen molar-refractivity contribution in [1.29, 1.82) is 0 Å². The number of aliphatic hydroxyl groups is 1. The Bertz CT molecular complexity index is 145. The van der Waals surface area contributed by atoms with Gasteiger partial charge >= 0.3 is 0 Å². The number of nitrogens with zero attached hydrogens (tertiary/aromatic N) is 1. The third kappa shape index (κ3) is 9.09. The Balaban J connectivity index is 3.50. The molecule has 0 aliphatic carbocycles. The van der Waals surface area contributed by atoms with Gasteiger partial charge in [0.05, 0.1) is 6.61 Å². The number of hydrogen-bond donors (Lipinski definition) is 2. The molecule has 98 valence electrons. The maximum Gasteiger partial charge on any atom is 0.0585 e. The Hall–Kier alpha value is -0.160. The van der Waals surface area contributed by atoms with Crippen LogP contribution in [0.4, 0.5) is 0 Å². The SMILES string of the molecule is CCCNC(CO)CCN(C)CCCOC. The molecule has 1 unspecified atom stereocenters. The van der Waals surface area contributed by atoms with Gasteiger partial charge in [-0.05, 0) is 39.4 Å². The van der Waals surface area contributed by atoms with Crippen molar-refractivity contribution < 1.29 is 9.84 Å². The second-order valence-electron chi connectivity index (χ2n) is 4.27. The van der Waals surface area contributed by atoms with E-state index in [0.29, 0.717) is 0 Å². The molecular weight excluding hydrogens is 204 g/mol. The fraction of sp³-hybridized carbons (Fsp3) is 1.00. The second-order valence-corrected chi connectivity index (χ2v) is 4.27. The van der Waals surface area contributed by atoms with Crippen molar-refractivity contribution in [3.05, 3.63) is 0 Å². The van der Waals surface area contributed by atoms with Gasteiger partial charge in [-0.3, -0.25) is 0 Å². The molecule has 0 rings (SSSR count). The highest BCUT2D eigenvalue weighted by Crippen LogP contribution is 1.96. The number of ether oxygens (including phenoxy) is 1. The highest BCUT2D eigenvalue weighted by molar-refractivity contribution is 4.67. The molecule has 0 aromatic carbocycles. The van der Waals surface area contributed by atoms with Crippen molar-refractivity contribution in [2.45, 2.75) is 32.2 Å². The van der Waals surface area contributed by atoms with Crippen LogP contribution in [0.25, 0.3) is 0 Å². The summed E-state index contributed by atoms with van der Waals surface area (Å²) in [5, 5.41) is 12.5. The lowest BCUT2D eigenvalue weighted by Crippen LogP contribution is -2.36. The highest BCUT2D eigenvalue weighted by atomic mass is 16.5. The van der Waals surface area contributed by atoms with Gasteiger partial charge in [-0.25, -0.2) is 0 Å². The minimum Gasteiger partial charge on any atom is -0.395 e. The van der Waals surface area contributed by atoms with Crippen molar-refractivity contribution in [2.75, 3.05) is 47.0 Å². The van der Waals surface area contributed by atoms with Gasteiger partial charge in [0.25, 0.3) is 0 Å². The van der Waals surface area contributed by atoms with Gasteiger partial charge in [-0.15, -0.1) is 0 Å². The molecule has 2 N–H and O–H groups in total. The summed E-state index contributed by atoms with van der Waals surface area (Å²) >= 11 is 0. The quantitative estimate of drug-likeness (QED) is 0.515. The molecule has 0 radical (unpaired) electrons. The van der Waals surface area contributed by atoms with E-state index < -0.39 is 0 Å². The van der Waals surface area contributed by atoms with Gasteiger partial charge < -0.3 is 20.1 Å². The zero-order chi connectivity index (χ0) is 12.2. The third-order valence-corrected chi connectivity index (χ3v) is 2.65. The predicted octanol–water partition coefficient (Wildman–Crippen LogP) is 0.705. The highest BCUT2D eigenvalue weighted by Gasteiger charge is 2.07. The van der Waals surface area contributed by atoms with Gasteiger partial charge in [-0.1, -0.05) is 6.92 Å². The van der Waals surface area contributed by atoms with E-state index in [1.54, 1.807) is 7.11 Å². The largest absolute Gasteiger partial charge is 0.395 e. The molecule has 0 aliphatic rings. The van der Waals surface area contributed by atoms with E-state index in [2.05, 4.69) is 24.2 Å². The summed E-state index contributed by atoms with van der Waals surface area (Å²) in [4.78, 5) is 2.29. The van der Waals surface area contributed by atoms with Gasteiger partial charge in [0.2, 0.25) is 0 Å². The Labute approximate surface area is 100.0 Å². The molecule has 0 heterocycles. The van der Waals surface area contributed by atoms with Gasteiger partial charge in [0.15, 0.2) is 0 Å². The van der Waals surface area contributed by atoms with Crippen molar-refractivity contribution in [1.82, 2.24) is 10.2 Å². The number of aliphatic hydroxyl groups excluding tert-OH is 1. The molecule has 0 aliphatic heterocycles. The average molecular weight is 232 g/mol. The van der Waals surface area contributed by atoms with Crippen LogP contribution in [0.15, 0.2) is 0 Å². The minimum atomic E-state index is 0.228. The van der Waals surface area contributed by atoms with Crippen LogP contribution in [-0.4, -0.2) is 63.1 Å². The molecule has 0 saturated carbocycles. The molecule has 4 nitrogen and oxygen atoms in total. The van der Waals surface area contributed by atoms with E-state index in [-0.39, 0.29) is 12.6 Å². The molecule has 0 amide bonds. The lowest BCUT2D eigenvalue weighted by molar-refractivity contribution is 0.174. The first-order valence-corrected chi connectivity index (χ1v) is 6.26. The van der Waals surface area contributed by atoms with Crippen LogP contribution in [0.3, 0.4) is 0 Å². The minimum absolute atomic E-state index is 0.228. The Morgan fingerprint density at radius 3 is 2.69 bits per heavy atom. The third-order valence-electron chi connectivity index (χ3n) is 2.65. The van der Waals surface area contributed by atoms with Crippen molar-refractivity contribution >= 4 is 0 Å². The van der Waals surface area contributed by atoms with Crippen LogP contribution in [-0.2, 0) is 4.74 Å². The summed E-state index contributed by atoms with van der Waals surface area (Å²) in [6, 6.07) is 0.241. The summed E-state index contributed by atoms with van der Waals surface area (Å²) < 4.78 is 5.01. The molecular formula is C12H28N2O2. The molecule has 0 aromatic heterocycles. The monoisotopic (exact) mass is 232 g/mol. The average Bonchev–Trinajstić information content (AvgIpc) is 2.30. The van der Waals surface area contributed by atoms with E-state index in [1.165, 1.54) is 0 Å². The predicted molar refractivity (Wildman–Crippen MR) is 67.8 cm³/mol. The molecule has 0 aromatic rings. The fourth-order valence-electron chi connectivity index (χ4n) is 1.57. The van der Waals surface area contributed by atoms with E-state index in [1.807, 2.05) is 0 Å². The first-order valence-electron chi connectivity index (χ1n) is 6.26. The summed E-state index contributed by atoms with van der Waals surface area (Å²) in [5.74, 6) is 0. The fourth-order valence-corrected chi connectivity index (χ4v) is 1.57. The summed E-state index contributed by atoms with van der Waals surface area (Å²) in [7, 11) is 3.85. The molecule has 16 heavy (non-hydrogen) atoms. The Morgan fingerprint density at radius 1 is 1.38 bits per heavy atom. The standard InChI is InChI=1S/C12H28N2O2/c1-4-7-13-12(11-15)6-9-14(2)8-5-10-16-3/h12-13,15H,4-11H2,1-3H3. The number of hydrogen-bond acceptors (Lipinski definition) is 4. The normalized spacial score (nSPS) is 13.3. The topological polar surface area (TPSA) is 44.7 Å².